The number of nitrogens with zero attached hydrogens (tertiary/aromatic N) is 1. The summed E-state index contributed by atoms with van der Waals surface area (Å²) in [6.07, 6.45) is 0.792. The number of carbonyl (C=O) groups excluding carboxylic acids is 1. The Morgan fingerprint density at radius 3 is 2.84 bits per heavy atom. The van der Waals surface area contributed by atoms with Crippen LogP contribution >= 0.6 is 0 Å². The molecular weight excluding hydrogens is 354 g/mol. The van der Waals surface area contributed by atoms with Gasteiger partial charge in [-0.2, -0.15) is 4.72 Å². The molecule has 1 aliphatic heterocycles. The topological polar surface area (TPSA) is 137 Å². The lowest BCUT2D eigenvalue weighted by Crippen LogP contribution is -2.31. The SMILES string of the molecule is CNc1ccc(S(=O)(=O)NCC(=O)OC[C@H]2CCOC2)cc1[N+](=O)[O-]. The average molecular weight is 373 g/mol. The molecule has 138 valence electrons. The lowest BCUT2D eigenvalue weighted by Gasteiger charge is -2.10. The number of hydrogen-bond donors (Lipinski definition) is 2. The van der Waals surface area contributed by atoms with E-state index in [0.717, 1.165) is 12.5 Å². The van der Waals surface area contributed by atoms with E-state index >= 15 is 0 Å². The Labute approximate surface area is 144 Å². The van der Waals surface area contributed by atoms with Gasteiger partial charge in [-0.1, -0.05) is 0 Å². The van der Waals surface area contributed by atoms with Crippen LogP contribution in [0.3, 0.4) is 0 Å². The molecule has 1 fully saturated rings. The third-order valence-corrected chi connectivity index (χ3v) is 5.05. The summed E-state index contributed by atoms with van der Waals surface area (Å²) >= 11 is 0. The van der Waals surface area contributed by atoms with E-state index in [9.17, 15) is 23.3 Å². The Morgan fingerprint density at radius 1 is 1.48 bits per heavy atom. The van der Waals surface area contributed by atoms with Crippen molar-refractivity contribution in [1.29, 1.82) is 0 Å². The monoisotopic (exact) mass is 373 g/mol. The van der Waals surface area contributed by atoms with E-state index in [4.69, 9.17) is 9.47 Å². The Hall–Kier alpha value is -2.24. The van der Waals surface area contributed by atoms with E-state index in [2.05, 4.69) is 10.0 Å². The largest absolute Gasteiger partial charge is 0.464 e. The van der Waals surface area contributed by atoms with Crippen LogP contribution in [0.25, 0.3) is 0 Å². The zero-order chi connectivity index (χ0) is 18.4. The number of hydrogen-bond acceptors (Lipinski definition) is 8. The molecule has 2 N–H and O–H groups in total. The Bertz CT molecular complexity index is 745. The fourth-order valence-electron chi connectivity index (χ4n) is 2.25. The molecule has 0 amide bonds. The first-order chi connectivity index (χ1) is 11.8. The number of nitro groups is 1. The molecule has 10 nitrogen and oxygen atoms in total. The molecule has 25 heavy (non-hydrogen) atoms. The second kappa shape index (κ2) is 8.23. The number of benzene rings is 1. The van der Waals surface area contributed by atoms with Gasteiger partial charge >= 0.3 is 5.97 Å². The van der Waals surface area contributed by atoms with E-state index < -0.39 is 27.5 Å². The van der Waals surface area contributed by atoms with Crippen molar-refractivity contribution in [1.82, 2.24) is 4.72 Å². The standard InChI is InChI=1S/C14H19N3O7S/c1-15-12-3-2-11(6-13(12)17(19)20)25(21,22)16-7-14(18)24-9-10-4-5-23-8-10/h2-3,6,10,15-16H,4-5,7-9H2,1H3/t10-/m0/s1. The highest BCUT2D eigenvalue weighted by atomic mass is 32.2. The molecule has 0 aromatic heterocycles. The number of ether oxygens (including phenoxy) is 2. The molecule has 1 aromatic rings. The fraction of sp³-hybridized carbons (Fsp3) is 0.500. The molecule has 0 saturated carbocycles. The summed E-state index contributed by atoms with van der Waals surface area (Å²) in [7, 11) is -2.60. The third kappa shape index (κ3) is 5.11. The number of nitrogens with one attached hydrogen (secondary N) is 2. The summed E-state index contributed by atoms with van der Waals surface area (Å²) in [4.78, 5) is 21.6. The lowest BCUT2D eigenvalue weighted by atomic mass is 10.1. The highest BCUT2D eigenvalue weighted by Gasteiger charge is 2.22. The molecule has 0 spiro atoms. The quantitative estimate of drug-likeness (QED) is 0.382. The minimum Gasteiger partial charge on any atom is -0.464 e. The highest BCUT2D eigenvalue weighted by Crippen LogP contribution is 2.26. The summed E-state index contributed by atoms with van der Waals surface area (Å²) < 4.78 is 36.6. The predicted molar refractivity (Wildman–Crippen MR) is 87.7 cm³/mol. The molecule has 0 unspecified atom stereocenters. The second-order valence-corrected chi connectivity index (χ2v) is 7.19. The van der Waals surface area contributed by atoms with Crippen molar-refractivity contribution >= 4 is 27.4 Å². The van der Waals surface area contributed by atoms with Gasteiger partial charge in [-0.25, -0.2) is 8.42 Å². The summed E-state index contributed by atoms with van der Waals surface area (Å²) in [5.41, 5.74) is -0.198. The van der Waals surface area contributed by atoms with E-state index in [-0.39, 0.29) is 28.8 Å². The van der Waals surface area contributed by atoms with Crippen molar-refractivity contribution in [2.45, 2.75) is 11.3 Å². The van der Waals surface area contributed by atoms with E-state index in [1.54, 1.807) is 0 Å². The van der Waals surface area contributed by atoms with Gasteiger partial charge in [0.15, 0.2) is 0 Å². The van der Waals surface area contributed by atoms with Gasteiger partial charge in [-0.15, -0.1) is 0 Å². The van der Waals surface area contributed by atoms with E-state index in [1.165, 1.54) is 19.2 Å². The summed E-state index contributed by atoms with van der Waals surface area (Å²) in [6.45, 7) is 0.747. The first-order valence-electron chi connectivity index (χ1n) is 7.52. The van der Waals surface area contributed by atoms with Crippen LogP contribution in [0.2, 0.25) is 0 Å². The molecule has 1 aliphatic rings. The van der Waals surface area contributed by atoms with Gasteiger partial charge in [-0.05, 0) is 18.6 Å². The maximum Gasteiger partial charge on any atom is 0.321 e. The molecule has 0 radical (unpaired) electrons. The van der Waals surface area contributed by atoms with Gasteiger partial charge < -0.3 is 14.8 Å². The van der Waals surface area contributed by atoms with Crippen molar-refractivity contribution in [3.63, 3.8) is 0 Å². The van der Waals surface area contributed by atoms with Crippen molar-refractivity contribution in [3.8, 4) is 0 Å². The fourth-order valence-corrected chi connectivity index (χ4v) is 3.24. The maximum atomic E-state index is 12.2. The molecule has 0 aliphatic carbocycles. The van der Waals surface area contributed by atoms with Gasteiger partial charge in [-0.3, -0.25) is 14.9 Å². The zero-order valence-electron chi connectivity index (χ0n) is 13.6. The molecule has 1 saturated heterocycles. The predicted octanol–water partition coefficient (Wildman–Crippen LogP) is 0.495. The smallest absolute Gasteiger partial charge is 0.321 e. The number of anilines is 1. The van der Waals surface area contributed by atoms with Gasteiger partial charge in [0.25, 0.3) is 5.69 Å². The van der Waals surface area contributed by atoms with Crippen LogP contribution in [0.5, 0.6) is 0 Å². The lowest BCUT2D eigenvalue weighted by molar-refractivity contribution is -0.384. The van der Waals surface area contributed by atoms with E-state index in [1.807, 2.05) is 0 Å². The number of carbonyl (C=O) groups is 1. The first-order valence-corrected chi connectivity index (χ1v) is 9.01. The highest BCUT2D eigenvalue weighted by molar-refractivity contribution is 7.89. The molecule has 2 rings (SSSR count). The number of nitro benzene ring substituents is 1. The number of sulfonamides is 1. The van der Waals surface area contributed by atoms with Crippen molar-refractivity contribution in [2.24, 2.45) is 5.92 Å². The third-order valence-electron chi connectivity index (χ3n) is 3.66. The summed E-state index contributed by atoms with van der Waals surface area (Å²) in [6, 6.07) is 3.42. The maximum absolute atomic E-state index is 12.2. The van der Waals surface area contributed by atoms with Crippen LogP contribution in [-0.4, -0.2) is 52.7 Å². The summed E-state index contributed by atoms with van der Waals surface area (Å²) in [5.74, 6) is -0.603. The Morgan fingerprint density at radius 2 is 2.24 bits per heavy atom. The van der Waals surface area contributed by atoms with Crippen molar-refractivity contribution in [3.05, 3.63) is 28.3 Å². The second-order valence-electron chi connectivity index (χ2n) is 5.42. The molecule has 11 heteroatoms. The van der Waals surface area contributed by atoms with Gasteiger partial charge in [0, 0.05) is 25.6 Å². The minimum atomic E-state index is -4.08. The molecule has 0 bridgehead atoms. The van der Waals surface area contributed by atoms with Gasteiger partial charge in [0.1, 0.15) is 12.2 Å². The molecule has 1 aromatic carbocycles. The first kappa shape index (κ1) is 19.1. The van der Waals surface area contributed by atoms with Crippen LogP contribution in [0.4, 0.5) is 11.4 Å². The number of esters is 1. The van der Waals surface area contributed by atoms with Crippen molar-refractivity contribution < 1.29 is 27.6 Å². The summed E-state index contributed by atoms with van der Waals surface area (Å²) in [5, 5.41) is 13.6. The average Bonchev–Trinajstić information content (AvgIpc) is 3.11. The zero-order valence-corrected chi connectivity index (χ0v) is 14.4. The van der Waals surface area contributed by atoms with Crippen LogP contribution in [-0.2, 0) is 24.3 Å². The van der Waals surface area contributed by atoms with Crippen molar-refractivity contribution in [2.75, 3.05) is 38.7 Å². The van der Waals surface area contributed by atoms with Crippen LogP contribution in [0.1, 0.15) is 6.42 Å². The molecule has 1 atom stereocenters. The van der Waals surface area contributed by atoms with Gasteiger partial charge in [0.05, 0.1) is 23.0 Å². The van der Waals surface area contributed by atoms with Crippen LogP contribution in [0, 0.1) is 16.0 Å². The van der Waals surface area contributed by atoms with Gasteiger partial charge in [0.2, 0.25) is 10.0 Å². The van der Waals surface area contributed by atoms with E-state index in [0.29, 0.717) is 13.2 Å². The van der Waals surface area contributed by atoms with Crippen LogP contribution in [0.15, 0.2) is 23.1 Å². The van der Waals surface area contributed by atoms with Crippen LogP contribution < -0.4 is 10.0 Å². The minimum absolute atomic E-state index is 0.122. The Kier molecular flexibility index (Phi) is 6.28. The number of rotatable bonds is 8. The Balaban J connectivity index is 1.97. The molecule has 1 heterocycles. The normalized spacial score (nSPS) is 17.2. The molecular formula is C14H19N3O7S.